The second-order valence-electron chi connectivity index (χ2n) is 8.35. The van der Waals surface area contributed by atoms with Gasteiger partial charge in [0.05, 0.1) is 0 Å². The van der Waals surface area contributed by atoms with Crippen LogP contribution in [0.2, 0.25) is 0 Å². The molecule has 1 aromatic rings. The van der Waals surface area contributed by atoms with E-state index in [1.807, 2.05) is 7.05 Å². The van der Waals surface area contributed by atoms with Crippen LogP contribution in [0.15, 0.2) is 6.07 Å². The lowest BCUT2D eigenvalue weighted by Gasteiger charge is -2.25. The van der Waals surface area contributed by atoms with Gasteiger partial charge >= 0.3 is 16.2 Å². The van der Waals surface area contributed by atoms with Crippen LogP contribution >= 0.6 is 0 Å². The lowest BCUT2D eigenvalue weighted by molar-refractivity contribution is 0.253. The van der Waals surface area contributed by atoms with Crippen LogP contribution in [0.3, 0.4) is 0 Å². The third-order valence-corrected chi connectivity index (χ3v) is 7.90. The Labute approximate surface area is 167 Å². The van der Waals surface area contributed by atoms with E-state index in [-0.39, 0.29) is 6.04 Å². The number of likely N-dealkylation sites (tertiary alicyclic amines) is 1. The Kier molecular flexibility index (Phi) is 5.37. The largest absolute Gasteiger partial charge is 0.333 e. The first-order chi connectivity index (χ1) is 13.3. The van der Waals surface area contributed by atoms with Gasteiger partial charge in [0, 0.05) is 25.3 Å². The molecule has 0 unspecified atom stereocenters. The summed E-state index contributed by atoms with van der Waals surface area (Å²) in [5.74, 6) is 0. The minimum Gasteiger partial charge on any atom is -0.307 e. The predicted octanol–water partition coefficient (Wildman–Crippen LogP) is 2.06. The summed E-state index contributed by atoms with van der Waals surface area (Å²) in [7, 11) is -0.338. The summed E-state index contributed by atoms with van der Waals surface area (Å²) < 4.78 is 28.7. The van der Waals surface area contributed by atoms with Crippen molar-refractivity contribution in [3.63, 3.8) is 0 Å². The van der Waals surface area contributed by atoms with Crippen LogP contribution in [0.1, 0.15) is 47.9 Å². The van der Waals surface area contributed by atoms with Crippen molar-refractivity contribution in [2.45, 2.75) is 57.4 Å². The highest BCUT2D eigenvalue weighted by molar-refractivity contribution is 7.87. The number of benzene rings is 1. The molecule has 3 aliphatic rings. The summed E-state index contributed by atoms with van der Waals surface area (Å²) in [6, 6.07) is 1.82. The monoisotopic (exact) mass is 406 g/mol. The van der Waals surface area contributed by atoms with Crippen LogP contribution in [-0.4, -0.2) is 56.9 Å². The average Bonchev–Trinajstić information content (AvgIpc) is 3.35. The van der Waals surface area contributed by atoms with E-state index in [2.05, 4.69) is 21.0 Å². The van der Waals surface area contributed by atoms with Crippen molar-refractivity contribution in [1.29, 1.82) is 0 Å². The molecule has 0 aromatic heterocycles. The molecule has 28 heavy (non-hydrogen) atoms. The number of amides is 2. The minimum absolute atomic E-state index is 0.199. The van der Waals surface area contributed by atoms with Crippen LogP contribution in [0.5, 0.6) is 0 Å². The molecule has 1 saturated heterocycles. The lowest BCUT2D eigenvalue weighted by Crippen LogP contribution is -2.47. The number of hydrogen-bond acceptors (Lipinski definition) is 4. The van der Waals surface area contributed by atoms with Gasteiger partial charge in [-0.3, -0.25) is 0 Å². The zero-order valence-corrected chi connectivity index (χ0v) is 17.6. The van der Waals surface area contributed by atoms with E-state index in [0.717, 1.165) is 63.6 Å². The van der Waals surface area contributed by atoms with Gasteiger partial charge in [0.25, 0.3) is 0 Å². The van der Waals surface area contributed by atoms with Crippen LogP contribution < -0.4 is 10.0 Å². The van der Waals surface area contributed by atoms with Crippen LogP contribution in [0, 0.1) is 0 Å². The average molecular weight is 407 g/mol. The Balaban J connectivity index is 1.46. The van der Waals surface area contributed by atoms with Gasteiger partial charge in [-0.1, -0.05) is 6.07 Å². The summed E-state index contributed by atoms with van der Waals surface area (Å²) in [6.45, 7) is 1.37. The topological polar surface area (TPSA) is 81.8 Å². The van der Waals surface area contributed by atoms with Gasteiger partial charge in [0.15, 0.2) is 0 Å². The quantitative estimate of drug-likeness (QED) is 0.784. The van der Waals surface area contributed by atoms with Crippen molar-refractivity contribution < 1.29 is 13.2 Å². The van der Waals surface area contributed by atoms with Crippen LogP contribution in [0.4, 0.5) is 10.5 Å². The summed E-state index contributed by atoms with van der Waals surface area (Å²) in [5, 5.41) is 2.89. The predicted molar refractivity (Wildman–Crippen MR) is 110 cm³/mol. The van der Waals surface area contributed by atoms with E-state index in [1.54, 1.807) is 0 Å². The van der Waals surface area contributed by atoms with Gasteiger partial charge in [-0.25, -0.2) is 9.52 Å². The zero-order chi connectivity index (χ0) is 19.9. The van der Waals surface area contributed by atoms with Gasteiger partial charge < -0.3 is 10.2 Å². The van der Waals surface area contributed by atoms with Crippen molar-refractivity contribution in [2.24, 2.45) is 0 Å². The van der Waals surface area contributed by atoms with Crippen LogP contribution in [-0.2, 0) is 35.9 Å². The molecule has 2 N–H and O–H groups in total. The summed E-state index contributed by atoms with van der Waals surface area (Å²) in [5.41, 5.74) is 5.84. The number of nitrogens with zero attached hydrogens (tertiary/aromatic N) is 2. The first kappa shape index (κ1) is 19.7. The van der Waals surface area contributed by atoms with Crippen molar-refractivity contribution in [1.82, 2.24) is 13.9 Å². The molecule has 7 nitrogen and oxygen atoms in total. The van der Waals surface area contributed by atoms with Gasteiger partial charge in [-0.05, 0) is 87.2 Å². The fraction of sp³-hybridized carbons (Fsp3) is 0.650. The first-order valence-corrected chi connectivity index (χ1v) is 11.7. The number of nitrogens with one attached hydrogen (secondary N) is 2. The van der Waals surface area contributed by atoms with E-state index in [4.69, 9.17) is 0 Å². The van der Waals surface area contributed by atoms with Gasteiger partial charge in [-0.15, -0.1) is 0 Å². The maximum atomic E-state index is 12.6. The summed E-state index contributed by atoms with van der Waals surface area (Å²) in [4.78, 5) is 14.8. The third-order valence-electron chi connectivity index (χ3n) is 6.48. The lowest BCUT2D eigenvalue weighted by atomic mass is 9.99. The molecule has 1 fully saturated rings. The molecule has 1 aliphatic heterocycles. The second-order valence-corrected chi connectivity index (χ2v) is 10.1. The third kappa shape index (κ3) is 3.77. The molecule has 1 aromatic carbocycles. The van der Waals surface area contributed by atoms with E-state index < -0.39 is 16.2 Å². The Morgan fingerprint density at radius 1 is 1.14 bits per heavy atom. The fourth-order valence-electron chi connectivity index (χ4n) is 4.91. The van der Waals surface area contributed by atoms with Gasteiger partial charge in [-0.2, -0.15) is 12.7 Å². The number of aryl methyl sites for hydroxylation is 2. The maximum absolute atomic E-state index is 12.6. The number of fused-ring (bicyclic) bond motifs is 2. The number of likely N-dealkylation sites (N-methyl/N-ethyl adjacent to an activating group) is 2. The number of hydrogen-bond donors (Lipinski definition) is 2. The Bertz CT molecular complexity index is 852. The fourth-order valence-corrected chi connectivity index (χ4v) is 5.72. The number of carbonyl (C=O) groups is 1. The molecule has 2 amide bonds. The molecule has 2 aliphatic carbocycles. The number of carbonyl (C=O) groups excluding carboxylic acids is 1. The molecule has 1 heterocycles. The molecule has 1 atom stereocenters. The number of anilines is 1. The van der Waals surface area contributed by atoms with Crippen LogP contribution in [0.25, 0.3) is 0 Å². The molecule has 0 bridgehead atoms. The second kappa shape index (κ2) is 7.65. The minimum atomic E-state index is -3.87. The maximum Gasteiger partial charge on any atom is 0.333 e. The highest BCUT2D eigenvalue weighted by atomic mass is 32.2. The van der Waals surface area contributed by atoms with Crippen molar-refractivity contribution in [3.05, 3.63) is 28.3 Å². The zero-order valence-electron chi connectivity index (χ0n) is 16.8. The first-order valence-electron chi connectivity index (χ1n) is 10.3. The van der Waals surface area contributed by atoms with Gasteiger partial charge in [0.1, 0.15) is 0 Å². The highest BCUT2D eigenvalue weighted by Gasteiger charge is 2.29. The van der Waals surface area contributed by atoms with Gasteiger partial charge in [0.2, 0.25) is 0 Å². The van der Waals surface area contributed by atoms with Crippen molar-refractivity contribution >= 4 is 21.9 Å². The molecule has 0 radical (unpaired) electrons. The smallest absolute Gasteiger partial charge is 0.307 e. The molecule has 0 spiro atoms. The normalized spacial score (nSPS) is 21.8. The molecule has 8 heteroatoms. The van der Waals surface area contributed by atoms with E-state index in [0.29, 0.717) is 6.54 Å². The Morgan fingerprint density at radius 3 is 2.36 bits per heavy atom. The SMILES string of the molecule is CN1CCC[C@@H]1CN(C)S(=O)(=O)NC(=O)Nc1c2c(cc3c1CCC3)CCC2. The molecule has 0 saturated carbocycles. The number of urea groups is 1. The highest BCUT2D eigenvalue weighted by Crippen LogP contribution is 2.38. The summed E-state index contributed by atoms with van der Waals surface area (Å²) in [6.07, 6.45) is 8.19. The van der Waals surface area contributed by atoms with E-state index in [1.165, 1.54) is 33.6 Å². The van der Waals surface area contributed by atoms with Crippen molar-refractivity contribution in [3.8, 4) is 0 Å². The Hall–Kier alpha value is -1.64. The van der Waals surface area contributed by atoms with E-state index >= 15 is 0 Å². The molecular weight excluding hydrogens is 376 g/mol. The Morgan fingerprint density at radius 2 is 1.79 bits per heavy atom. The van der Waals surface area contributed by atoms with Crippen molar-refractivity contribution in [2.75, 3.05) is 32.5 Å². The number of rotatable bonds is 5. The standard InChI is InChI=1S/C20H30N4O3S/c1-23-11-5-8-16(23)13-24(2)28(26,27)22-20(25)21-19-17-9-3-6-14(17)12-15-7-4-10-18(15)19/h12,16H,3-11,13H2,1-2H3,(H2,21,22,25)/t16-/m1/s1. The molecule has 4 rings (SSSR count). The molecular formula is C20H30N4O3S. The molecule has 154 valence electrons. The summed E-state index contributed by atoms with van der Waals surface area (Å²) >= 11 is 0. The van der Waals surface area contributed by atoms with E-state index in [9.17, 15) is 13.2 Å².